The van der Waals surface area contributed by atoms with Gasteiger partial charge in [0.25, 0.3) is 5.91 Å². The molecule has 4 nitrogen and oxygen atoms in total. The summed E-state index contributed by atoms with van der Waals surface area (Å²) < 4.78 is 1.08. The Labute approximate surface area is 138 Å². The molecule has 4 rings (SSSR count). The quantitative estimate of drug-likeness (QED) is 0.784. The maximum atomic E-state index is 12.7. The first-order valence-corrected chi connectivity index (χ1v) is 8.48. The fourth-order valence-corrected chi connectivity index (χ4v) is 3.88. The monoisotopic (exact) mass is 323 g/mol. The third kappa shape index (κ3) is 2.73. The van der Waals surface area contributed by atoms with Crippen LogP contribution in [0.1, 0.15) is 21.5 Å². The number of nitrogens with one attached hydrogen (secondary N) is 1. The molecule has 0 radical (unpaired) electrons. The number of carbonyl (C=O) groups excluding carboxylic acids is 1. The van der Waals surface area contributed by atoms with Crippen LogP contribution in [0.25, 0.3) is 10.2 Å². The van der Waals surface area contributed by atoms with Gasteiger partial charge in [-0.15, -0.1) is 0 Å². The van der Waals surface area contributed by atoms with Gasteiger partial charge in [0, 0.05) is 18.7 Å². The molecule has 1 aliphatic rings. The fourth-order valence-electron chi connectivity index (χ4n) is 3.02. The van der Waals surface area contributed by atoms with E-state index in [0.717, 1.165) is 40.9 Å². The maximum absolute atomic E-state index is 12.7. The fraction of sp³-hybridized carbons (Fsp3) is 0.222. The summed E-state index contributed by atoms with van der Waals surface area (Å²) in [6.45, 7) is 1.86. The van der Waals surface area contributed by atoms with Crippen molar-refractivity contribution in [3.63, 3.8) is 0 Å². The maximum Gasteiger partial charge on any atom is 0.257 e. The SMILES string of the molecule is CN1CCc2cccc(C(=O)Nc3nc4ccccc4s3)c2C1. The van der Waals surface area contributed by atoms with Gasteiger partial charge in [-0.3, -0.25) is 10.1 Å². The lowest BCUT2D eigenvalue weighted by molar-refractivity contribution is 0.102. The highest BCUT2D eigenvalue weighted by atomic mass is 32.1. The van der Waals surface area contributed by atoms with Crippen LogP contribution in [0.4, 0.5) is 5.13 Å². The Morgan fingerprint density at radius 2 is 2.09 bits per heavy atom. The van der Waals surface area contributed by atoms with Gasteiger partial charge in [-0.1, -0.05) is 35.6 Å². The van der Waals surface area contributed by atoms with Crippen LogP contribution in [0.5, 0.6) is 0 Å². The van der Waals surface area contributed by atoms with E-state index in [1.165, 1.54) is 16.9 Å². The molecule has 0 atom stereocenters. The highest BCUT2D eigenvalue weighted by molar-refractivity contribution is 7.22. The minimum absolute atomic E-state index is 0.0730. The van der Waals surface area contributed by atoms with E-state index in [1.54, 1.807) is 0 Å². The first kappa shape index (κ1) is 14.4. The summed E-state index contributed by atoms with van der Waals surface area (Å²) in [6, 6.07) is 13.9. The molecule has 3 aromatic rings. The molecular formula is C18H17N3OS. The van der Waals surface area contributed by atoms with Crippen molar-refractivity contribution in [2.75, 3.05) is 18.9 Å². The lowest BCUT2D eigenvalue weighted by atomic mass is 9.95. The molecule has 1 N–H and O–H groups in total. The van der Waals surface area contributed by atoms with Crippen LogP contribution >= 0.6 is 11.3 Å². The number of nitrogens with zero attached hydrogens (tertiary/aromatic N) is 2. The Morgan fingerprint density at radius 1 is 1.22 bits per heavy atom. The zero-order valence-electron chi connectivity index (χ0n) is 12.9. The average Bonchev–Trinajstić information content (AvgIpc) is 2.96. The van der Waals surface area contributed by atoms with Crippen molar-refractivity contribution >= 4 is 32.6 Å². The van der Waals surface area contributed by atoms with Crippen LogP contribution in [0.15, 0.2) is 42.5 Å². The minimum atomic E-state index is -0.0730. The van der Waals surface area contributed by atoms with Crippen LogP contribution in [0, 0.1) is 0 Å². The predicted octanol–water partition coefficient (Wildman–Crippen LogP) is 3.54. The van der Waals surface area contributed by atoms with Crippen molar-refractivity contribution in [3.8, 4) is 0 Å². The normalized spacial score (nSPS) is 14.7. The molecule has 0 fully saturated rings. The lowest BCUT2D eigenvalue weighted by Crippen LogP contribution is -2.29. The van der Waals surface area contributed by atoms with E-state index in [0.29, 0.717) is 5.13 Å². The molecule has 0 aliphatic carbocycles. The van der Waals surface area contributed by atoms with Crippen LogP contribution in [0.2, 0.25) is 0 Å². The first-order chi connectivity index (χ1) is 11.2. The largest absolute Gasteiger partial charge is 0.302 e. The van der Waals surface area contributed by atoms with E-state index < -0.39 is 0 Å². The average molecular weight is 323 g/mol. The lowest BCUT2D eigenvalue weighted by Gasteiger charge is -2.26. The Hall–Kier alpha value is -2.24. The molecule has 0 spiro atoms. The van der Waals surface area contributed by atoms with E-state index >= 15 is 0 Å². The number of para-hydroxylation sites is 1. The summed E-state index contributed by atoms with van der Waals surface area (Å²) in [4.78, 5) is 19.4. The van der Waals surface area contributed by atoms with Gasteiger partial charge in [-0.05, 0) is 42.8 Å². The van der Waals surface area contributed by atoms with Crippen molar-refractivity contribution < 1.29 is 4.79 Å². The van der Waals surface area contributed by atoms with Crippen molar-refractivity contribution in [1.82, 2.24) is 9.88 Å². The van der Waals surface area contributed by atoms with Gasteiger partial charge < -0.3 is 4.90 Å². The topological polar surface area (TPSA) is 45.2 Å². The van der Waals surface area contributed by atoms with E-state index in [9.17, 15) is 4.79 Å². The van der Waals surface area contributed by atoms with Crippen LogP contribution < -0.4 is 5.32 Å². The molecule has 2 aromatic carbocycles. The highest BCUT2D eigenvalue weighted by Gasteiger charge is 2.20. The highest BCUT2D eigenvalue weighted by Crippen LogP contribution is 2.27. The second kappa shape index (κ2) is 5.76. The van der Waals surface area contributed by atoms with E-state index in [2.05, 4.69) is 28.3 Å². The van der Waals surface area contributed by atoms with Gasteiger partial charge >= 0.3 is 0 Å². The van der Waals surface area contributed by atoms with E-state index in [4.69, 9.17) is 0 Å². The number of carbonyl (C=O) groups is 1. The van der Waals surface area contributed by atoms with Crippen molar-refractivity contribution in [1.29, 1.82) is 0 Å². The molecule has 2 heterocycles. The Balaban J connectivity index is 1.64. The molecule has 23 heavy (non-hydrogen) atoms. The number of anilines is 1. The zero-order valence-corrected chi connectivity index (χ0v) is 13.7. The van der Waals surface area contributed by atoms with Crippen LogP contribution in [-0.2, 0) is 13.0 Å². The number of hydrogen-bond donors (Lipinski definition) is 1. The number of amides is 1. The molecule has 0 bridgehead atoms. The number of likely N-dealkylation sites (N-methyl/N-ethyl adjacent to an activating group) is 1. The second-order valence-electron chi connectivity index (χ2n) is 5.87. The summed E-state index contributed by atoms with van der Waals surface area (Å²) in [6.07, 6.45) is 0.994. The number of fused-ring (bicyclic) bond motifs is 2. The third-order valence-electron chi connectivity index (χ3n) is 4.22. The minimum Gasteiger partial charge on any atom is -0.302 e. The Bertz CT molecular complexity index is 854. The van der Waals surface area contributed by atoms with Gasteiger partial charge in [-0.2, -0.15) is 0 Å². The van der Waals surface area contributed by atoms with Crippen molar-refractivity contribution in [2.45, 2.75) is 13.0 Å². The van der Waals surface area contributed by atoms with Gasteiger partial charge in [0.1, 0.15) is 0 Å². The Kier molecular flexibility index (Phi) is 3.59. The van der Waals surface area contributed by atoms with Gasteiger partial charge in [-0.25, -0.2) is 4.98 Å². The Morgan fingerprint density at radius 3 is 2.96 bits per heavy atom. The number of hydrogen-bond acceptors (Lipinski definition) is 4. The molecular weight excluding hydrogens is 306 g/mol. The second-order valence-corrected chi connectivity index (χ2v) is 6.90. The molecule has 116 valence electrons. The smallest absolute Gasteiger partial charge is 0.257 e. The summed E-state index contributed by atoms with van der Waals surface area (Å²) in [5, 5.41) is 3.61. The third-order valence-corrected chi connectivity index (χ3v) is 5.17. The zero-order chi connectivity index (χ0) is 15.8. The molecule has 1 amide bonds. The van der Waals surface area contributed by atoms with Gasteiger partial charge in [0.15, 0.2) is 5.13 Å². The number of benzene rings is 2. The summed E-state index contributed by atoms with van der Waals surface area (Å²) in [5.74, 6) is -0.0730. The molecule has 0 saturated carbocycles. The summed E-state index contributed by atoms with van der Waals surface area (Å²) in [5.41, 5.74) is 4.09. The predicted molar refractivity (Wildman–Crippen MR) is 94.1 cm³/mol. The molecule has 0 saturated heterocycles. The molecule has 1 aliphatic heterocycles. The standard InChI is InChI=1S/C18H17N3OS/c1-21-10-9-12-5-4-6-13(14(12)11-21)17(22)20-18-19-15-7-2-3-8-16(15)23-18/h2-8H,9-11H2,1H3,(H,19,20,22). The van der Waals surface area contributed by atoms with Crippen LogP contribution in [-0.4, -0.2) is 29.4 Å². The molecule has 5 heteroatoms. The van der Waals surface area contributed by atoms with Gasteiger partial charge in [0.05, 0.1) is 10.2 Å². The van der Waals surface area contributed by atoms with Gasteiger partial charge in [0.2, 0.25) is 0 Å². The van der Waals surface area contributed by atoms with Crippen molar-refractivity contribution in [2.24, 2.45) is 0 Å². The molecule has 0 unspecified atom stereocenters. The first-order valence-electron chi connectivity index (χ1n) is 7.67. The summed E-state index contributed by atoms with van der Waals surface area (Å²) in [7, 11) is 2.09. The number of rotatable bonds is 2. The van der Waals surface area contributed by atoms with E-state index in [-0.39, 0.29) is 5.91 Å². The van der Waals surface area contributed by atoms with Crippen molar-refractivity contribution in [3.05, 3.63) is 59.2 Å². The van der Waals surface area contributed by atoms with E-state index in [1.807, 2.05) is 36.4 Å². The van der Waals surface area contributed by atoms with Crippen LogP contribution in [0.3, 0.4) is 0 Å². The summed E-state index contributed by atoms with van der Waals surface area (Å²) >= 11 is 1.50. The number of thiazole rings is 1. The molecule has 1 aromatic heterocycles. The number of aromatic nitrogens is 1.